The SMILES string of the molecule is CN1CCN(CCCNC(=O)c2ccc(C#Cc3c(N)ncc4ccc(Cl)cc34)cc2)CC1. The van der Waals surface area contributed by atoms with Crippen LogP contribution in [0.2, 0.25) is 5.02 Å². The second kappa shape index (κ2) is 10.7. The number of halogens is 1. The highest BCUT2D eigenvalue weighted by Crippen LogP contribution is 2.24. The van der Waals surface area contributed by atoms with E-state index in [0.717, 1.165) is 55.5 Å². The predicted octanol–water partition coefficient (Wildman–Crippen LogP) is 3.24. The molecule has 0 radical (unpaired) electrons. The van der Waals surface area contributed by atoms with Gasteiger partial charge in [-0.3, -0.25) is 4.79 Å². The number of benzene rings is 2. The van der Waals surface area contributed by atoms with E-state index < -0.39 is 0 Å². The lowest BCUT2D eigenvalue weighted by atomic mass is 10.1. The van der Waals surface area contributed by atoms with Crippen LogP contribution in [0.3, 0.4) is 0 Å². The molecule has 1 aromatic heterocycles. The van der Waals surface area contributed by atoms with Crippen LogP contribution in [0.1, 0.15) is 27.9 Å². The quantitative estimate of drug-likeness (QED) is 0.450. The van der Waals surface area contributed by atoms with Crippen molar-refractivity contribution in [3.05, 3.63) is 70.4 Å². The zero-order valence-electron chi connectivity index (χ0n) is 18.8. The van der Waals surface area contributed by atoms with Crippen LogP contribution >= 0.6 is 11.6 Å². The molecule has 2 aromatic carbocycles. The predicted molar refractivity (Wildman–Crippen MR) is 134 cm³/mol. The summed E-state index contributed by atoms with van der Waals surface area (Å²) in [5, 5.41) is 5.43. The molecule has 1 amide bonds. The normalized spacial score (nSPS) is 14.6. The summed E-state index contributed by atoms with van der Waals surface area (Å²) in [6, 6.07) is 12.8. The number of likely N-dealkylation sites (N-methyl/N-ethyl adjacent to an activating group) is 1. The van der Waals surface area contributed by atoms with Crippen LogP contribution in [0.4, 0.5) is 5.82 Å². The highest BCUT2D eigenvalue weighted by Gasteiger charge is 2.13. The molecule has 6 nitrogen and oxygen atoms in total. The molecule has 0 spiro atoms. The van der Waals surface area contributed by atoms with Crippen molar-refractivity contribution in [3.8, 4) is 11.8 Å². The third kappa shape index (κ3) is 6.02. The zero-order valence-corrected chi connectivity index (χ0v) is 19.5. The van der Waals surface area contributed by atoms with Crippen molar-refractivity contribution >= 4 is 34.1 Å². The highest BCUT2D eigenvalue weighted by molar-refractivity contribution is 6.31. The molecule has 2 heterocycles. The molecule has 1 fully saturated rings. The van der Waals surface area contributed by atoms with Crippen molar-refractivity contribution in [1.82, 2.24) is 20.1 Å². The Labute approximate surface area is 199 Å². The fourth-order valence-electron chi connectivity index (χ4n) is 3.85. The van der Waals surface area contributed by atoms with E-state index in [9.17, 15) is 4.79 Å². The van der Waals surface area contributed by atoms with Crippen molar-refractivity contribution in [2.24, 2.45) is 0 Å². The Morgan fingerprint density at radius 2 is 1.88 bits per heavy atom. The van der Waals surface area contributed by atoms with Gasteiger partial charge < -0.3 is 20.9 Å². The Morgan fingerprint density at radius 1 is 1.12 bits per heavy atom. The van der Waals surface area contributed by atoms with Gasteiger partial charge in [-0.1, -0.05) is 29.5 Å². The number of anilines is 1. The van der Waals surface area contributed by atoms with E-state index >= 15 is 0 Å². The van der Waals surface area contributed by atoms with Crippen molar-refractivity contribution in [3.63, 3.8) is 0 Å². The molecule has 1 saturated heterocycles. The van der Waals surface area contributed by atoms with Crippen molar-refractivity contribution < 1.29 is 4.79 Å². The Balaban J connectivity index is 1.34. The highest BCUT2D eigenvalue weighted by atomic mass is 35.5. The van der Waals surface area contributed by atoms with E-state index in [1.807, 2.05) is 30.3 Å². The topological polar surface area (TPSA) is 74.5 Å². The lowest BCUT2D eigenvalue weighted by Gasteiger charge is -2.32. The minimum Gasteiger partial charge on any atom is -0.383 e. The molecule has 7 heteroatoms. The van der Waals surface area contributed by atoms with Crippen molar-refractivity contribution in [2.45, 2.75) is 6.42 Å². The van der Waals surface area contributed by atoms with Crippen LogP contribution in [-0.2, 0) is 0 Å². The molecule has 33 heavy (non-hydrogen) atoms. The standard InChI is InChI=1S/C26H28ClN5O/c1-31-13-15-32(16-14-31)12-2-11-29-26(33)20-6-3-19(4-7-20)5-10-23-24-17-22(27)9-8-21(24)18-30-25(23)28/h3-4,6-9,17-18H,2,11-16H2,1H3,(H2,28,30)(H,29,33). The number of nitrogens with one attached hydrogen (secondary N) is 1. The Hall–Kier alpha value is -3.11. The molecule has 0 atom stereocenters. The maximum absolute atomic E-state index is 12.4. The number of carbonyl (C=O) groups is 1. The molecule has 3 aromatic rings. The number of rotatable bonds is 5. The van der Waals surface area contributed by atoms with Gasteiger partial charge in [-0.15, -0.1) is 0 Å². The molecular formula is C26H28ClN5O. The monoisotopic (exact) mass is 461 g/mol. The summed E-state index contributed by atoms with van der Waals surface area (Å²) in [4.78, 5) is 21.5. The van der Waals surface area contributed by atoms with Gasteiger partial charge in [0.05, 0.1) is 5.56 Å². The minimum atomic E-state index is -0.0648. The van der Waals surface area contributed by atoms with E-state index in [2.05, 4.69) is 39.0 Å². The number of nitrogen functional groups attached to an aromatic ring is 1. The molecule has 0 unspecified atom stereocenters. The third-order valence-electron chi connectivity index (χ3n) is 5.90. The number of aromatic nitrogens is 1. The van der Waals surface area contributed by atoms with Crippen LogP contribution in [0, 0.1) is 11.8 Å². The Kier molecular flexibility index (Phi) is 7.46. The van der Waals surface area contributed by atoms with Gasteiger partial charge in [-0.2, -0.15) is 0 Å². The average molecular weight is 462 g/mol. The molecular weight excluding hydrogens is 434 g/mol. The number of piperazine rings is 1. The van der Waals surface area contributed by atoms with E-state index in [-0.39, 0.29) is 5.91 Å². The molecule has 3 N–H and O–H groups in total. The van der Waals surface area contributed by atoms with E-state index in [1.54, 1.807) is 18.3 Å². The van der Waals surface area contributed by atoms with Crippen molar-refractivity contribution in [2.75, 3.05) is 52.0 Å². The summed E-state index contributed by atoms with van der Waals surface area (Å²) >= 11 is 6.15. The number of amides is 1. The Bertz CT molecular complexity index is 1190. The fourth-order valence-corrected chi connectivity index (χ4v) is 4.02. The van der Waals surface area contributed by atoms with Gasteiger partial charge in [0.25, 0.3) is 5.91 Å². The third-order valence-corrected chi connectivity index (χ3v) is 6.13. The summed E-state index contributed by atoms with van der Waals surface area (Å²) < 4.78 is 0. The first-order chi connectivity index (χ1) is 16.0. The molecule has 1 aliphatic rings. The maximum Gasteiger partial charge on any atom is 0.251 e. The number of nitrogens with two attached hydrogens (primary N) is 1. The summed E-state index contributed by atoms with van der Waals surface area (Å²) in [6.07, 6.45) is 2.66. The zero-order chi connectivity index (χ0) is 23.2. The molecule has 0 saturated carbocycles. The van der Waals surface area contributed by atoms with Gasteiger partial charge in [-0.05, 0) is 56.4 Å². The number of hydrogen-bond acceptors (Lipinski definition) is 5. The van der Waals surface area contributed by atoms with Crippen LogP contribution < -0.4 is 11.1 Å². The van der Waals surface area contributed by atoms with Crippen LogP contribution in [0.25, 0.3) is 10.8 Å². The van der Waals surface area contributed by atoms with Gasteiger partial charge in [0.1, 0.15) is 5.82 Å². The van der Waals surface area contributed by atoms with E-state index in [1.165, 1.54) is 0 Å². The van der Waals surface area contributed by atoms with Crippen molar-refractivity contribution in [1.29, 1.82) is 0 Å². The first-order valence-electron chi connectivity index (χ1n) is 11.1. The van der Waals surface area contributed by atoms with Crippen LogP contribution in [0.15, 0.2) is 48.7 Å². The van der Waals surface area contributed by atoms with Crippen LogP contribution in [-0.4, -0.2) is 67.0 Å². The maximum atomic E-state index is 12.4. The summed E-state index contributed by atoms with van der Waals surface area (Å²) in [6.45, 7) is 6.10. The van der Waals surface area contributed by atoms with Crippen LogP contribution in [0.5, 0.6) is 0 Å². The minimum absolute atomic E-state index is 0.0648. The lowest BCUT2D eigenvalue weighted by molar-refractivity contribution is 0.0949. The second-order valence-electron chi connectivity index (χ2n) is 8.33. The first kappa shape index (κ1) is 23.1. The lowest BCUT2D eigenvalue weighted by Crippen LogP contribution is -2.45. The largest absolute Gasteiger partial charge is 0.383 e. The molecule has 0 bridgehead atoms. The average Bonchev–Trinajstić information content (AvgIpc) is 2.82. The molecule has 4 rings (SSSR count). The number of nitrogens with zero attached hydrogens (tertiary/aromatic N) is 3. The first-order valence-corrected chi connectivity index (χ1v) is 11.5. The molecule has 170 valence electrons. The molecule has 1 aliphatic heterocycles. The van der Waals surface area contributed by atoms with E-state index in [0.29, 0.717) is 28.5 Å². The summed E-state index contributed by atoms with van der Waals surface area (Å²) in [5.74, 6) is 6.54. The fraction of sp³-hybridized carbons (Fsp3) is 0.308. The van der Waals surface area contributed by atoms with Gasteiger partial charge in [0.15, 0.2) is 0 Å². The summed E-state index contributed by atoms with van der Waals surface area (Å²) in [7, 11) is 2.15. The number of pyridine rings is 1. The van der Waals surface area contributed by atoms with Gasteiger partial charge in [-0.25, -0.2) is 4.98 Å². The van der Waals surface area contributed by atoms with Gasteiger partial charge in [0.2, 0.25) is 0 Å². The second-order valence-corrected chi connectivity index (χ2v) is 8.77. The van der Waals surface area contributed by atoms with E-state index in [4.69, 9.17) is 17.3 Å². The van der Waals surface area contributed by atoms with Gasteiger partial charge >= 0.3 is 0 Å². The smallest absolute Gasteiger partial charge is 0.251 e. The molecule has 0 aliphatic carbocycles. The summed E-state index contributed by atoms with van der Waals surface area (Å²) in [5.41, 5.74) is 8.13. The number of hydrogen-bond donors (Lipinski definition) is 2. The number of fused-ring (bicyclic) bond motifs is 1. The Morgan fingerprint density at radius 3 is 2.64 bits per heavy atom. The number of carbonyl (C=O) groups excluding carboxylic acids is 1. The van der Waals surface area contributed by atoms with Gasteiger partial charge in [0, 0.05) is 65.8 Å².